The number of allylic oxidation sites excluding steroid dienone is 7. The third-order valence-electron chi connectivity index (χ3n) is 3.35. The maximum absolute atomic E-state index is 11.9. The van der Waals surface area contributed by atoms with Crippen molar-refractivity contribution in [2.24, 2.45) is 22.4 Å². The van der Waals surface area contributed by atoms with Crippen LogP contribution >= 0.6 is 0 Å². The fraction of sp³-hybridized carbons (Fsp3) is 0.312. The van der Waals surface area contributed by atoms with Crippen molar-refractivity contribution in [3.8, 4) is 0 Å². The Morgan fingerprint density at radius 3 is 3.05 bits per heavy atom. The van der Waals surface area contributed by atoms with Gasteiger partial charge in [0.2, 0.25) is 0 Å². The van der Waals surface area contributed by atoms with E-state index in [1.165, 1.54) is 17.2 Å². The van der Waals surface area contributed by atoms with Crippen LogP contribution in [0.25, 0.3) is 0 Å². The molecule has 0 spiro atoms. The predicted molar refractivity (Wildman–Crippen MR) is 83.0 cm³/mol. The van der Waals surface area contributed by atoms with Gasteiger partial charge in [-0.05, 0) is 29.7 Å². The molecular weight excluding hydrogens is 269 g/mol. The van der Waals surface area contributed by atoms with E-state index < -0.39 is 0 Å². The van der Waals surface area contributed by atoms with Crippen molar-refractivity contribution in [1.82, 2.24) is 0 Å². The van der Waals surface area contributed by atoms with E-state index in [-0.39, 0.29) is 12.6 Å². The van der Waals surface area contributed by atoms with Gasteiger partial charge >= 0.3 is 0 Å². The Balaban J connectivity index is 1.95. The Labute approximate surface area is 124 Å². The zero-order valence-corrected chi connectivity index (χ0v) is 11.8. The number of guanidine groups is 1. The van der Waals surface area contributed by atoms with Crippen molar-refractivity contribution in [2.75, 3.05) is 13.2 Å². The molecule has 0 saturated carbocycles. The molecule has 0 aliphatic heterocycles. The molecule has 2 aliphatic rings. The molecule has 21 heavy (non-hydrogen) atoms. The summed E-state index contributed by atoms with van der Waals surface area (Å²) in [5.74, 6) is 1.33. The van der Waals surface area contributed by atoms with E-state index in [0.717, 1.165) is 18.6 Å². The Morgan fingerprint density at radius 1 is 1.43 bits per heavy atom. The Hall–Kier alpha value is -2.30. The van der Waals surface area contributed by atoms with Gasteiger partial charge in [0.15, 0.2) is 5.96 Å². The highest BCUT2D eigenvalue weighted by Crippen LogP contribution is 2.32. The summed E-state index contributed by atoms with van der Waals surface area (Å²) in [5, 5.41) is 0. The summed E-state index contributed by atoms with van der Waals surface area (Å²) in [4.78, 5) is 3.99. The van der Waals surface area contributed by atoms with Gasteiger partial charge in [-0.25, -0.2) is 4.39 Å². The number of hydrogen-bond acceptors (Lipinski definition) is 2. The highest BCUT2D eigenvalue weighted by atomic mass is 19.1. The van der Waals surface area contributed by atoms with Crippen LogP contribution in [0.5, 0.6) is 0 Å². The summed E-state index contributed by atoms with van der Waals surface area (Å²) in [7, 11) is 0. The van der Waals surface area contributed by atoms with Crippen LogP contribution in [0.1, 0.15) is 12.8 Å². The molecule has 0 amide bonds. The molecule has 0 aromatic rings. The molecule has 0 bridgehead atoms. The SMILES string of the molecule is NC(N)=NCCC1=CC2=CC=C(OC/C=C/F)CC2C=C1. The molecule has 0 heterocycles. The van der Waals surface area contributed by atoms with Crippen LogP contribution in [0, 0.1) is 5.92 Å². The second-order valence-corrected chi connectivity index (χ2v) is 4.92. The molecule has 2 rings (SSSR count). The van der Waals surface area contributed by atoms with Crippen LogP contribution in [0.3, 0.4) is 0 Å². The van der Waals surface area contributed by atoms with Crippen molar-refractivity contribution < 1.29 is 9.13 Å². The molecule has 1 unspecified atom stereocenters. The Kier molecular flexibility index (Phi) is 5.37. The average Bonchev–Trinajstić information content (AvgIpc) is 2.47. The van der Waals surface area contributed by atoms with Crippen molar-refractivity contribution in [2.45, 2.75) is 12.8 Å². The number of ether oxygens (including phenoxy) is 1. The van der Waals surface area contributed by atoms with Gasteiger partial charge < -0.3 is 16.2 Å². The van der Waals surface area contributed by atoms with Crippen LogP contribution in [-0.4, -0.2) is 19.1 Å². The first kappa shape index (κ1) is 15.1. The molecule has 0 aromatic heterocycles. The summed E-state index contributed by atoms with van der Waals surface area (Å²) in [5.41, 5.74) is 13.1. The molecule has 112 valence electrons. The molecule has 4 nitrogen and oxygen atoms in total. The van der Waals surface area contributed by atoms with Crippen LogP contribution in [0.2, 0.25) is 0 Å². The predicted octanol–water partition coefficient (Wildman–Crippen LogP) is 2.48. The lowest BCUT2D eigenvalue weighted by Crippen LogP contribution is -2.23. The van der Waals surface area contributed by atoms with E-state index in [1.807, 2.05) is 12.2 Å². The lowest BCUT2D eigenvalue weighted by Gasteiger charge is -2.24. The maximum Gasteiger partial charge on any atom is 0.185 e. The van der Waals surface area contributed by atoms with Gasteiger partial charge in [-0.2, -0.15) is 0 Å². The van der Waals surface area contributed by atoms with Crippen LogP contribution in [0.15, 0.2) is 64.7 Å². The topological polar surface area (TPSA) is 73.6 Å². The van der Waals surface area contributed by atoms with Gasteiger partial charge in [-0.15, -0.1) is 0 Å². The van der Waals surface area contributed by atoms with Crippen molar-refractivity contribution in [1.29, 1.82) is 0 Å². The molecule has 0 fully saturated rings. The van der Waals surface area contributed by atoms with Gasteiger partial charge in [0.1, 0.15) is 6.61 Å². The minimum Gasteiger partial charge on any atom is -0.494 e. The fourth-order valence-corrected chi connectivity index (χ4v) is 2.32. The highest BCUT2D eigenvalue weighted by Gasteiger charge is 2.19. The first-order chi connectivity index (χ1) is 10.2. The van der Waals surface area contributed by atoms with Crippen molar-refractivity contribution in [3.05, 3.63) is 59.7 Å². The van der Waals surface area contributed by atoms with Crippen LogP contribution < -0.4 is 11.5 Å². The zero-order chi connectivity index (χ0) is 15.1. The molecule has 1 atom stereocenters. The largest absolute Gasteiger partial charge is 0.494 e. The lowest BCUT2D eigenvalue weighted by atomic mass is 9.84. The summed E-state index contributed by atoms with van der Waals surface area (Å²) in [6.45, 7) is 0.859. The van der Waals surface area contributed by atoms with Crippen LogP contribution in [-0.2, 0) is 4.74 Å². The van der Waals surface area contributed by atoms with E-state index in [9.17, 15) is 4.39 Å². The van der Waals surface area contributed by atoms with Crippen molar-refractivity contribution >= 4 is 5.96 Å². The number of halogens is 1. The van der Waals surface area contributed by atoms with E-state index in [4.69, 9.17) is 16.2 Å². The number of nitrogens with zero attached hydrogens (tertiary/aromatic N) is 1. The maximum atomic E-state index is 11.9. The Morgan fingerprint density at radius 2 is 2.29 bits per heavy atom. The summed E-state index contributed by atoms with van der Waals surface area (Å²) in [6, 6.07) is 0. The second kappa shape index (κ2) is 7.47. The van der Waals surface area contributed by atoms with E-state index in [1.54, 1.807) is 0 Å². The fourth-order valence-electron chi connectivity index (χ4n) is 2.32. The summed E-state index contributed by atoms with van der Waals surface area (Å²) < 4.78 is 17.4. The highest BCUT2D eigenvalue weighted by molar-refractivity contribution is 5.75. The second-order valence-electron chi connectivity index (χ2n) is 4.92. The molecule has 0 saturated heterocycles. The zero-order valence-electron chi connectivity index (χ0n) is 11.8. The summed E-state index contributed by atoms with van der Waals surface area (Å²) in [6.07, 6.45) is 13.9. The van der Waals surface area contributed by atoms with E-state index >= 15 is 0 Å². The molecule has 0 radical (unpaired) electrons. The smallest absolute Gasteiger partial charge is 0.185 e. The minimum absolute atomic E-state index is 0.122. The van der Waals surface area contributed by atoms with Gasteiger partial charge in [0, 0.05) is 18.9 Å². The minimum atomic E-state index is 0.122. The molecule has 0 aromatic carbocycles. The number of aliphatic imine (C=N–C) groups is 1. The monoisotopic (exact) mass is 289 g/mol. The number of hydrogen-bond donors (Lipinski definition) is 2. The van der Waals surface area contributed by atoms with Gasteiger partial charge in [-0.1, -0.05) is 24.3 Å². The molecular formula is C16H20FN3O. The van der Waals surface area contributed by atoms with Crippen LogP contribution in [0.4, 0.5) is 4.39 Å². The molecule has 4 N–H and O–H groups in total. The molecule has 2 aliphatic carbocycles. The summed E-state index contributed by atoms with van der Waals surface area (Å²) >= 11 is 0. The first-order valence-corrected chi connectivity index (χ1v) is 6.92. The average molecular weight is 289 g/mol. The number of fused-ring (bicyclic) bond motifs is 1. The quantitative estimate of drug-likeness (QED) is 0.583. The Bertz CT molecular complexity index is 552. The lowest BCUT2D eigenvalue weighted by molar-refractivity contribution is 0.228. The van der Waals surface area contributed by atoms with E-state index in [2.05, 4.69) is 23.2 Å². The van der Waals surface area contributed by atoms with Crippen molar-refractivity contribution in [3.63, 3.8) is 0 Å². The van der Waals surface area contributed by atoms with Gasteiger partial charge in [-0.3, -0.25) is 4.99 Å². The standard InChI is InChI=1S/C16H20FN3O/c17-7-1-9-21-15-5-4-13-10-12(2-3-14(13)11-15)6-8-20-16(18)19/h1-5,7,10,14H,6,8-9,11H2,(H4,18,19,20)/b7-1+. The molecule has 5 heteroatoms. The third-order valence-corrected chi connectivity index (χ3v) is 3.35. The number of nitrogens with two attached hydrogens (primary N) is 2. The number of rotatable bonds is 6. The van der Waals surface area contributed by atoms with Gasteiger partial charge in [0.25, 0.3) is 0 Å². The normalized spacial score (nSPS) is 20.4. The third kappa shape index (κ3) is 4.63. The van der Waals surface area contributed by atoms with Gasteiger partial charge in [0.05, 0.1) is 12.1 Å². The first-order valence-electron chi connectivity index (χ1n) is 6.92. The van der Waals surface area contributed by atoms with E-state index in [0.29, 0.717) is 18.8 Å².